The van der Waals surface area contributed by atoms with E-state index in [9.17, 15) is 30.3 Å². The second-order valence-corrected chi connectivity index (χ2v) is 5.46. The second kappa shape index (κ2) is 5.09. The van der Waals surface area contributed by atoms with Crippen LogP contribution in [0.2, 0.25) is 0 Å². The molecule has 0 radical (unpaired) electrons. The molecule has 24 heavy (non-hydrogen) atoms. The van der Waals surface area contributed by atoms with Crippen LogP contribution >= 0.6 is 0 Å². The van der Waals surface area contributed by atoms with Gasteiger partial charge in [0, 0.05) is 16.7 Å². The Labute approximate surface area is 135 Å². The van der Waals surface area contributed by atoms with Crippen LogP contribution in [-0.2, 0) is 0 Å². The smallest absolute Gasteiger partial charge is 0.238 e. The summed E-state index contributed by atoms with van der Waals surface area (Å²) in [6.45, 7) is 2.93. The predicted molar refractivity (Wildman–Crippen MR) is 85.7 cm³/mol. The number of benzene rings is 2. The maximum atomic E-state index is 12.4. The summed E-state index contributed by atoms with van der Waals surface area (Å²) >= 11 is 0. The topological polar surface area (TPSA) is 131 Å². The molecule has 0 aliphatic carbocycles. The fourth-order valence-electron chi connectivity index (χ4n) is 2.55. The Morgan fingerprint density at radius 1 is 0.833 bits per heavy atom. The summed E-state index contributed by atoms with van der Waals surface area (Å²) in [4.78, 5) is 12.4. The van der Waals surface area contributed by atoms with Gasteiger partial charge >= 0.3 is 0 Å². The monoisotopic (exact) mass is 330 g/mol. The first kappa shape index (κ1) is 15.5. The van der Waals surface area contributed by atoms with Crippen molar-refractivity contribution < 1.29 is 29.9 Å². The van der Waals surface area contributed by atoms with Crippen molar-refractivity contribution in [2.45, 2.75) is 13.8 Å². The lowest BCUT2D eigenvalue weighted by Gasteiger charge is -2.12. The summed E-state index contributed by atoms with van der Waals surface area (Å²) in [6, 6.07) is 3.62. The largest absolute Gasteiger partial charge is 0.507 e. The Bertz CT molecular complexity index is 1050. The molecule has 0 saturated carbocycles. The van der Waals surface area contributed by atoms with Crippen LogP contribution in [0.15, 0.2) is 27.4 Å². The lowest BCUT2D eigenvalue weighted by Crippen LogP contribution is -2.05. The summed E-state index contributed by atoms with van der Waals surface area (Å²) in [5, 5.41) is 49.0. The van der Waals surface area contributed by atoms with Crippen LogP contribution in [0, 0.1) is 13.8 Å². The molecule has 0 amide bonds. The molecule has 1 aromatic heterocycles. The highest BCUT2D eigenvalue weighted by Crippen LogP contribution is 2.41. The standard InChI is InChI=1S/C17H14O7/c1-6-12(20)7(2)16-11(13(6)21)14(22)15(23)17(24-16)8-3-4-9(18)10(19)5-8/h3-5,18-21,23H,1-2H3. The molecule has 3 aromatic rings. The minimum absolute atomic E-state index is 0.0824. The molecule has 5 N–H and O–H groups in total. The zero-order chi connectivity index (χ0) is 17.8. The molecule has 0 spiro atoms. The van der Waals surface area contributed by atoms with E-state index in [0.29, 0.717) is 0 Å². The van der Waals surface area contributed by atoms with Crippen molar-refractivity contribution in [1.29, 1.82) is 0 Å². The number of phenolic OH excluding ortho intramolecular Hbond substituents is 4. The van der Waals surface area contributed by atoms with Crippen molar-refractivity contribution in [3.8, 4) is 40.1 Å². The van der Waals surface area contributed by atoms with Crippen LogP contribution in [0.4, 0.5) is 0 Å². The van der Waals surface area contributed by atoms with Crippen LogP contribution < -0.4 is 5.43 Å². The van der Waals surface area contributed by atoms with Gasteiger partial charge in [-0.3, -0.25) is 4.79 Å². The van der Waals surface area contributed by atoms with E-state index >= 15 is 0 Å². The summed E-state index contributed by atoms with van der Waals surface area (Å²) in [5.74, 6) is -2.55. The number of phenols is 4. The molecule has 0 fully saturated rings. The van der Waals surface area contributed by atoms with Crippen molar-refractivity contribution in [2.24, 2.45) is 0 Å². The van der Waals surface area contributed by atoms with Crippen LogP contribution in [0.3, 0.4) is 0 Å². The summed E-state index contributed by atoms with van der Waals surface area (Å²) in [5.41, 5.74) is -0.493. The van der Waals surface area contributed by atoms with Gasteiger partial charge in [-0.2, -0.15) is 0 Å². The summed E-state index contributed by atoms with van der Waals surface area (Å²) in [7, 11) is 0. The first-order valence-corrected chi connectivity index (χ1v) is 6.97. The van der Waals surface area contributed by atoms with Gasteiger partial charge in [-0.1, -0.05) is 0 Å². The van der Waals surface area contributed by atoms with Gasteiger partial charge in [0.15, 0.2) is 17.3 Å². The van der Waals surface area contributed by atoms with Crippen molar-refractivity contribution in [1.82, 2.24) is 0 Å². The van der Waals surface area contributed by atoms with Crippen LogP contribution in [-0.4, -0.2) is 25.5 Å². The number of fused-ring (bicyclic) bond motifs is 1. The third-order valence-electron chi connectivity index (χ3n) is 3.97. The van der Waals surface area contributed by atoms with Gasteiger partial charge in [0.05, 0.1) is 0 Å². The van der Waals surface area contributed by atoms with Gasteiger partial charge in [0.1, 0.15) is 22.5 Å². The van der Waals surface area contributed by atoms with E-state index in [1.54, 1.807) is 0 Å². The summed E-state index contributed by atoms with van der Waals surface area (Å²) < 4.78 is 5.54. The highest BCUT2D eigenvalue weighted by Gasteiger charge is 2.23. The molecule has 0 aliphatic rings. The maximum absolute atomic E-state index is 12.4. The van der Waals surface area contributed by atoms with Crippen molar-refractivity contribution in [3.05, 3.63) is 39.5 Å². The zero-order valence-electron chi connectivity index (χ0n) is 12.8. The van der Waals surface area contributed by atoms with Gasteiger partial charge in [0.25, 0.3) is 0 Å². The molecule has 0 atom stereocenters. The van der Waals surface area contributed by atoms with Crippen LogP contribution in [0.25, 0.3) is 22.3 Å². The molecule has 1 heterocycles. The minimum Gasteiger partial charge on any atom is -0.507 e. The second-order valence-electron chi connectivity index (χ2n) is 5.46. The van der Waals surface area contributed by atoms with Crippen LogP contribution in [0.1, 0.15) is 11.1 Å². The quantitative estimate of drug-likeness (QED) is 0.433. The molecule has 0 aliphatic heterocycles. The summed E-state index contributed by atoms with van der Waals surface area (Å²) in [6.07, 6.45) is 0. The third kappa shape index (κ3) is 2.02. The number of aromatic hydroxyl groups is 5. The van der Waals surface area contributed by atoms with E-state index in [1.165, 1.54) is 26.0 Å². The van der Waals surface area contributed by atoms with Gasteiger partial charge in [-0.25, -0.2) is 0 Å². The van der Waals surface area contributed by atoms with Gasteiger partial charge in [-0.05, 0) is 32.0 Å². The Hall–Kier alpha value is -3.35. The Balaban J connectivity index is 2.46. The number of rotatable bonds is 1. The van der Waals surface area contributed by atoms with E-state index in [4.69, 9.17) is 4.42 Å². The molecule has 2 aromatic carbocycles. The molecule has 7 heteroatoms. The predicted octanol–water partition coefficient (Wildman–Crippen LogP) is 2.60. The molecule has 0 unspecified atom stereocenters. The van der Waals surface area contributed by atoms with E-state index in [1.807, 2.05) is 0 Å². The Morgan fingerprint density at radius 2 is 1.50 bits per heavy atom. The minimum atomic E-state index is -0.873. The van der Waals surface area contributed by atoms with E-state index < -0.39 is 22.7 Å². The van der Waals surface area contributed by atoms with Crippen LogP contribution in [0.5, 0.6) is 28.7 Å². The Morgan fingerprint density at radius 3 is 2.12 bits per heavy atom. The molecule has 0 bridgehead atoms. The van der Waals surface area contributed by atoms with Crippen molar-refractivity contribution in [3.63, 3.8) is 0 Å². The average Bonchev–Trinajstić information content (AvgIpc) is 2.56. The SMILES string of the molecule is Cc1c(O)c(C)c2oc(-c3ccc(O)c(O)c3)c(O)c(=O)c2c1O. The van der Waals surface area contributed by atoms with Gasteiger partial charge in [0.2, 0.25) is 11.2 Å². The molecule has 0 saturated heterocycles. The van der Waals surface area contributed by atoms with Crippen molar-refractivity contribution >= 4 is 11.0 Å². The maximum Gasteiger partial charge on any atom is 0.238 e. The van der Waals surface area contributed by atoms with E-state index in [2.05, 4.69) is 0 Å². The average molecular weight is 330 g/mol. The van der Waals surface area contributed by atoms with Crippen molar-refractivity contribution in [2.75, 3.05) is 0 Å². The molecule has 7 nitrogen and oxygen atoms in total. The molecule has 3 rings (SSSR count). The number of aryl methyl sites for hydroxylation is 1. The molecular weight excluding hydrogens is 316 g/mol. The van der Waals surface area contributed by atoms with Gasteiger partial charge in [-0.15, -0.1) is 0 Å². The normalized spacial score (nSPS) is 11.1. The fraction of sp³-hybridized carbons (Fsp3) is 0.118. The third-order valence-corrected chi connectivity index (χ3v) is 3.97. The zero-order valence-corrected chi connectivity index (χ0v) is 12.8. The van der Waals surface area contributed by atoms with Gasteiger partial charge < -0.3 is 29.9 Å². The lowest BCUT2D eigenvalue weighted by atomic mass is 10.0. The lowest BCUT2D eigenvalue weighted by molar-refractivity contribution is 0.403. The first-order chi connectivity index (χ1) is 11.2. The Kier molecular flexibility index (Phi) is 3.30. The van der Waals surface area contributed by atoms with E-state index in [0.717, 1.165) is 6.07 Å². The highest BCUT2D eigenvalue weighted by atomic mass is 16.4. The highest BCUT2D eigenvalue weighted by molar-refractivity contribution is 5.92. The molecule has 124 valence electrons. The number of hydrogen-bond acceptors (Lipinski definition) is 7. The van der Waals surface area contributed by atoms with E-state index in [-0.39, 0.29) is 44.9 Å². The molecular formula is C17H14O7. The first-order valence-electron chi connectivity index (χ1n) is 6.97. The number of hydrogen-bond donors (Lipinski definition) is 5. The fourth-order valence-corrected chi connectivity index (χ4v) is 2.55.